The Labute approximate surface area is 164 Å². The van der Waals surface area contributed by atoms with Gasteiger partial charge in [0.15, 0.2) is 5.78 Å². The van der Waals surface area contributed by atoms with Crippen molar-refractivity contribution in [2.45, 2.75) is 0 Å². The maximum Gasteiger partial charge on any atom is 0.196 e. The summed E-state index contributed by atoms with van der Waals surface area (Å²) in [5.74, 6) is 0.0265. The predicted molar refractivity (Wildman–Crippen MR) is 109 cm³/mol. The molecular formula is C23H13BrN2O. The lowest BCUT2D eigenvalue weighted by Crippen LogP contribution is -2.00. The highest BCUT2D eigenvalue weighted by molar-refractivity contribution is 9.10. The van der Waals surface area contributed by atoms with Crippen molar-refractivity contribution in [1.82, 2.24) is 9.97 Å². The predicted octanol–water partition coefficient (Wildman–Crippen LogP) is 5.78. The van der Waals surface area contributed by atoms with Crippen LogP contribution in [0.4, 0.5) is 0 Å². The first-order valence-electron chi connectivity index (χ1n) is 8.59. The average molecular weight is 413 g/mol. The zero-order chi connectivity index (χ0) is 18.4. The number of halogens is 1. The fourth-order valence-corrected chi connectivity index (χ4v) is 3.76. The van der Waals surface area contributed by atoms with Gasteiger partial charge in [0.2, 0.25) is 0 Å². The van der Waals surface area contributed by atoms with Gasteiger partial charge < -0.3 is 0 Å². The summed E-state index contributed by atoms with van der Waals surface area (Å²) in [6, 6.07) is 23.4. The highest BCUT2D eigenvalue weighted by Crippen LogP contribution is 2.42. The molecule has 2 aromatic carbocycles. The summed E-state index contributed by atoms with van der Waals surface area (Å²) < 4.78 is 0.997. The maximum absolute atomic E-state index is 13.1. The number of aromatic nitrogens is 2. The largest absolute Gasteiger partial charge is 0.288 e. The molecular weight excluding hydrogens is 400 g/mol. The maximum atomic E-state index is 13.1. The molecule has 4 aromatic rings. The third-order valence-corrected chi connectivity index (χ3v) is 5.28. The van der Waals surface area contributed by atoms with Crippen LogP contribution < -0.4 is 0 Å². The average Bonchev–Trinajstić information content (AvgIpc) is 3.01. The van der Waals surface area contributed by atoms with Crippen molar-refractivity contribution < 1.29 is 4.79 Å². The van der Waals surface area contributed by atoms with Gasteiger partial charge in [-0.2, -0.15) is 0 Å². The third kappa shape index (κ3) is 2.61. The number of fused-ring (bicyclic) bond motifs is 3. The first-order chi connectivity index (χ1) is 13.2. The van der Waals surface area contributed by atoms with Gasteiger partial charge in [0, 0.05) is 21.8 Å². The summed E-state index contributed by atoms with van der Waals surface area (Å²) >= 11 is 3.48. The minimum atomic E-state index is 0.0265. The van der Waals surface area contributed by atoms with Crippen LogP contribution in [0.3, 0.4) is 0 Å². The lowest BCUT2D eigenvalue weighted by molar-refractivity contribution is 0.104. The van der Waals surface area contributed by atoms with Crippen molar-refractivity contribution in [1.29, 1.82) is 0 Å². The van der Waals surface area contributed by atoms with Crippen LogP contribution in [0.1, 0.15) is 15.9 Å². The molecule has 2 heterocycles. The number of rotatable bonds is 2. The lowest BCUT2D eigenvalue weighted by atomic mass is 9.96. The smallest absolute Gasteiger partial charge is 0.196 e. The van der Waals surface area contributed by atoms with E-state index in [-0.39, 0.29) is 5.78 Å². The van der Waals surface area contributed by atoms with E-state index in [1.807, 2.05) is 72.8 Å². The summed E-state index contributed by atoms with van der Waals surface area (Å²) in [6.45, 7) is 0. The Morgan fingerprint density at radius 1 is 0.741 bits per heavy atom. The van der Waals surface area contributed by atoms with Gasteiger partial charge in [-0.15, -0.1) is 0 Å². The van der Waals surface area contributed by atoms with Gasteiger partial charge in [-0.05, 0) is 41.5 Å². The second-order valence-corrected chi connectivity index (χ2v) is 7.29. The van der Waals surface area contributed by atoms with E-state index < -0.39 is 0 Å². The van der Waals surface area contributed by atoms with Crippen LogP contribution in [0.15, 0.2) is 83.5 Å². The summed E-state index contributed by atoms with van der Waals surface area (Å²) in [4.78, 5) is 22.4. The lowest BCUT2D eigenvalue weighted by Gasteiger charge is -2.11. The van der Waals surface area contributed by atoms with Gasteiger partial charge in [0.1, 0.15) is 0 Å². The van der Waals surface area contributed by atoms with E-state index in [1.54, 1.807) is 6.20 Å². The van der Waals surface area contributed by atoms with E-state index in [0.717, 1.165) is 38.2 Å². The number of hydrogen-bond acceptors (Lipinski definition) is 3. The molecule has 0 saturated carbocycles. The van der Waals surface area contributed by atoms with Gasteiger partial charge in [0.25, 0.3) is 0 Å². The van der Waals surface area contributed by atoms with Crippen LogP contribution in [0.2, 0.25) is 0 Å². The third-order valence-electron chi connectivity index (χ3n) is 4.76. The number of ketones is 1. The number of carbonyl (C=O) groups is 1. The molecule has 5 rings (SSSR count). The zero-order valence-corrected chi connectivity index (χ0v) is 15.8. The topological polar surface area (TPSA) is 42.9 Å². The van der Waals surface area contributed by atoms with Gasteiger partial charge in [-0.3, -0.25) is 9.78 Å². The second-order valence-electron chi connectivity index (χ2n) is 6.38. The minimum Gasteiger partial charge on any atom is -0.288 e. The van der Waals surface area contributed by atoms with Crippen LogP contribution in [0.25, 0.3) is 33.8 Å². The van der Waals surface area contributed by atoms with Crippen LogP contribution in [0, 0.1) is 0 Å². The molecule has 128 valence electrons. The van der Waals surface area contributed by atoms with E-state index in [0.29, 0.717) is 11.1 Å². The SMILES string of the molecule is O=C1c2ccccc2-c2nc(-c3ccccn3)cc(-c3ccc(Br)cc3)c21. The van der Waals surface area contributed by atoms with E-state index >= 15 is 0 Å². The van der Waals surface area contributed by atoms with E-state index in [1.165, 1.54) is 0 Å². The summed E-state index contributed by atoms with van der Waals surface area (Å²) in [7, 11) is 0. The standard InChI is InChI=1S/C23H13BrN2O/c24-15-10-8-14(9-11-15)18-13-20(19-7-3-4-12-25-19)26-22-16-5-1-2-6-17(16)23(27)21(18)22/h1-13H. The molecule has 27 heavy (non-hydrogen) atoms. The molecule has 4 heteroatoms. The van der Waals surface area contributed by atoms with E-state index in [4.69, 9.17) is 4.98 Å². The van der Waals surface area contributed by atoms with E-state index in [2.05, 4.69) is 20.9 Å². The van der Waals surface area contributed by atoms with Gasteiger partial charge >= 0.3 is 0 Å². The molecule has 0 amide bonds. The molecule has 0 radical (unpaired) electrons. The van der Waals surface area contributed by atoms with Gasteiger partial charge in [-0.25, -0.2) is 4.98 Å². The Morgan fingerprint density at radius 3 is 2.22 bits per heavy atom. The van der Waals surface area contributed by atoms with Crippen molar-refractivity contribution in [3.8, 4) is 33.8 Å². The molecule has 0 atom stereocenters. The molecule has 0 fully saturated rings. The Bertz CT molecular complexity index is 1180. The van der Waals surface area contributed by atoms with Crippen LogP contribution in [-0.2, 0) is 0 Å². The number of hydrogen-bond donors (Lipinski definition) is 0. The highest BCUT2D eigenvalue weighted by Gasteiger charge is 2.31. The van der Waals surface area contributed by atoms with Crippen molar-refractivity contribution in [3.05, 3.63) is 94.6 Å². The minimum absolute atomic E-state index is 0.0265. The molecule has 2 aromatic heterocycles. The van der Waals surface area contributed by atoms with Crippen molar-refractivity contribution in [3.63, 3.8) is 0 Å². The molecule has 0 unspecified atom stereocenters. The molecule has 1 aliphatic rings. The molecule has 3 nitrogen and oxygen atoms in total. The number of benzene rings is 2. The first-order valence-corrected chi connectivity index (χ1v) is 9.38. The fourth-order valence-electron chi connectivity index (χ4n) is 3.49. The number of nitrogens with zero attached hydrogens (tertiary/aromatic N) is 2. The first kappa shape index (κ1) is 16.1. The Morgan fingerprint density at radius 2 is 1.48 bits per heavy atom. The molecule has 0 aliphatic heterocycles. The Hall–Kier alpha value is -3.11. The summed E-state index contributed by atoms with van der Waals surface area (Å²) in [5, 5.41) is 0. The summed E-state index contributed by atoms with van der Waals surface area (Å²) in [5.41, 5.74) is 6.40. The van der Waals surface area contributed by atoms with Crippen LogP contribution in [-0.4, -0.2) is 15.8 Å². The van der Waals surface area contributed by atoms with Crippen molar-refractivity contribution in [2.75, 3.05) is 0 Å². The van der Waals surface area contributed by atoms with Gasteiger partial charge in [0.05, 0.1) is 22.6 Å². The normalized spacial score (nSPS) is 12.0. The zero-order valence-electron chi connectivity index (χ0n) is 14.2. The molecule has 0 bridgehead atoms. The molecule has 1 aliphatic carbocycles. The van der Waals surface area contributed by atoms with Crippen LogP contribution >= 0.6 is 15.9 Å². The van der Waals surface area contributed by atoms with Crippen molar-refractivity contribution in [2.24, 2.45) is 0 Å². The Kier molecular flexibility index (Phi) is 3.73. The monoisotopic (exact) mass is 412 g/mol. The van der Waals surface area contributed by atoms with Crippen LogP contribution in [0.5, 0.6) is 0 Å². The molecule has 0 spiro atoms. The Balaban J connectivity index is 1.83. The number of pyridine rings is 2. The second kappa shape index (κ2) is 6.25. The van der Waals surface area contributed by atoms with E-state index in [9.17, 15) is 4.79 Å². The van der Waals surface area contributed by atoms with Gasteiger partial charge in [-0.1, -0.05) is 58.4 Å². The fraction of sp³-hybridized carbons (Fsp3) is 0. The number of carbonyl (C=O) groups excluding carboxylic acids is 1. The molecule has 0 saturated heterocycles. The van der Waals surface area contributed by atoms with Crippen molar-refractivity contribution >= 4 is 21.7 Å². The molecule has 0 N–H and O–H groups in total. The quantitative estimate of drug-likeness (QED) is 0.368. The summed E-state index contributed by atoms with van der Waals surface area (Å²) in [6.07, 6.45) is 1.75. The highest BCUT2D eigenvalue weighted by atomic mass is 79.9.